The number of methoxy groups -OCH3 is 4. The molecular weight excluding hydrogens is 620 g/mol. The number of hydrogen-bond donors (Lipinski definition) is 0. The largest absolute Gasteiger partial charge is 0.496 e. The molecule has 4 rings (SSSR count). The Kier molecular flexibility index (Phi) is 10.5. The standard InChI is InChI=1S/C19H28O3.C18H25BrO3/c1-12-14(20-7)9-13(10-15(12)21-8)16-17(18(2,3)4)19(5,6)11-22-16;1-17(2,3)16-15(22-10-18(16,4)5)11-8-12(20-6)14(19)13(9-11)21-7/h9-10H,11H2,1-8H3;8-9H,10H2,1-7H3. The summed E-state index contributed by atoms with van der Waals surface area (Å²) in [6, 6.07) is 8.07. The van der Waals surface area contributed by atoms with Gasteiger partial charge in [0.15, 0.2) is 0 Å². The van der Waals surface area contributed by atoms with Gasteiger partial charge in [-0.3, -0.25) is 0 Å². The van der Waals surface area contributed by atoms with Crippen LogP contribution in [0.2, 0.25) is 0 Å². The van der Waals surface area contributed by atoms with Crippen LogP contribution in [-0.4, -0.2) is 41.7 Å². The molecule has 6 nitrogen and oxygen atoms in total. The summed E-state index contributed by atoms with van der Waals surface area (Å²) in [7, 11) is 6.68. The van der Waals surface area contributed by atoms with Crippen LogP contribution in [0.5, 0.6) is 23.0 Å². The first-order chi connectivity index (χ1) is 20.2. The van der Waals surface area contributed by atoms with Crippen LogP contribution in [0.15, 0.2) is 39.9 Å². The van der Waals surface area contributed by atoms with Crippen LogP contribution in [0, 0.1) is 28.6 Å². The van der Waals surface area contributed by atoms with E-state index in [0.717, 1.165) is 55.7 Å². The zero-order chi connectivity index (χ0) is 33.4. The maximum atomic E-state index is 6.10. The maximum absolute atomic E-state index is 6.10. The van der Waals surface area contributed by atoms with Crippen LogP contribution in [0.4, 0.5) is 0 Å². The summed E-state index contributed by atoms with van der Waals surface area (Å²) < 4.78 is 34.9. The summed E-state index contributed by atoms with van der Waals surface area (Å²) in [5, 5.41) is 0. The summed E-state index contributed by atoms with van der Waals surface area (Å²) in [6.45, 7) is 25.7. The lowest BCUT2D eigenvalue weighted by Gasteiger charge is -2.31. The summed E-state index contributed by atoms with van der Waals surface area (Å²) in [4.78, 5) is 0. The Balaban J connectivity index is 0.000000240. The van der Waals surface area contributed by atoms with Crippen molar-refractivity contribution in [2.24, 2.45) is 21.7 Å². The molecule has 0 unspecified atom stereocenters. The van der Waals surface area contributed by atoms with Gasteiger partial charge in [-0.15, -0.1) is 0 Å². The molecule has 2 aliphatic rings. The van der Waals surface area contributed by atoms with E-state index in [4.69, 9.17) is 28.4 Å². The highest BCUT2D eigenvalue weighted by Crippen LogP contribution is 2.52. The van der Waals surface area contributed by atoms with E-state index in [9.17, 15) is 0 Å². The molecule has 0 amide bonds. The van der Waals surface area contributed by atoms with Gasteiger partial charge < -0.3 is 28.4 Å². The molecular formula is C37H53BrO6. The van der Waals surface area contributed by atoms with Gasteiger partial charge in [-0.1, -0.05) is 69.2 Å². The zero-order valence-electron chi connectivity index (χ0n) is 29.6. The molecule has 7 heteroatoms. The molecule has 0 saturated carbocycles. The van der Waals surface area contributed by atoms with Crippen LogP contribution < -0.4 is 18.9 Å². The van der Waals surface area contributed by atoms with Gasteiger partial charge in [0, 0.05) is 27.5 Å². The molecule has 2 aromatic carbocycles. The number of halogens is 1. The van der Waals surface area contributed by atoms with E-state index in [2.05, 4.69) is 85.2 Å². The first kappa shape index (κ1) is 35.7. The Labute approximate surface area is 274 Å². The molecule has 2 aromatic rings. The van der Waals surface area contributed by atoms with Crippen molar-refractivity contribution >= 4 is 27.4 Å². The van der Waals surface area contributed by atoms with Gasteiger partial charge in [-0.25, -0.2) is 0 Å². The molecule has 0 aromatic heterocycles. The molecule has 244 valence electrons. The van der Waals surface area contributed by atoms with Crippen molar-refractivity contribution < 1.29 is 28.4 Å². The fourth-order valence-corrected chi connectivity index (χ4v) is 7.35. The van der Waals surface area contributed by atoms with Crippen molar-refractivity contribution in [3.63, 3.8) is 0 Å². The van der Waals surface area contributed by atoms with Crippen LogP contribution in [0.25, 0.3) is 11.5 Å². The van der Waals surface area contributed by atoms with E-state index in [1.807, 2.05) is 31.2 Å². The van der Waals surface area contributed by atoms with Crippen LogP contribution in [0.1, 0.15) is 85.9 Å². The predicted molar refractivity (Wildman–Crippen MR) is 184 cm³/mol. The summed E-state index contributed by atoms with van der Waals surface area (Å²) in [5.41, 5.74) is 5.80. The molecule has 0 spiro atoms. The quantitative estimate of drug-likeness (QED) is 0.304. The molecule has 0 saturated heterocycles. The van der Waals surface area contributed by atoms with Crippen molar-refractivity contribution in [1.82, 2.24) is 0 Å². The van der Waals surface area contributed by atoms with Crippen molar-refractivity contribution in [3.05, 3.63) is 56.6 Å². The van der Waals surface area contributed by atoms with Crippen LogP contribution in [0.3, 0.4) is 0 Å². The van der Waals surface area contributed by atoms with Crippen molar-refractivity contribution in [1.29, 1.82) is 0 Å². The van der Waals surface area contributed by atoms with Gasteiger partial charge in [-0.05, 0) is 69.1 Å². The van der Waals surface area contributed by atoms with Gasteiger partial charge in [0.1, 0.15) is 39.0 Å². The predicted octanol–water partition coefficient (Wildman–Crippen LogP) is 10.1. The zero-order valence-corrected chi connectivity index (χ0v) is 31.1. The first-order valence-corrected chi connectivity index (χ1v) is 15.9. The topological polar surface area (TPSA) is 55.4 Å². The fourth-order valence-electron chi connectivity index (χ4n) is 6.79. The lowest BCUT2D eigenvalue weighted by molar-refractivity contribution is 0.213. The molecule has 0 radical (unpaired) electrons. The third-order valence-electron chi connectivity index (χ3n) is 8.18. The second-order valence-corrected chi connectivity index (χ2v) is 15.7. The summed E-state index contributed by atoms with van der Waals surface area (Å²) in [6.07, 6.45) is 0. The molecule has 0 bridgehead atoms. The highest BCUT2D eigenvalue weighted by atomic mass is 79.9. The lowest BCUT2D eigenvalue weighted by atomic mass is 9.71. The van der Waals surface area contributed by atoms with Crippen molar-refractivity contribution in [2.75, 3.05) is 41.7 Å². The SMILES string of the molecule is COc1cc(C2=C(C(C)(C)C)C(C)(C)CO2)cc(OC)c1Br.COc1cc(C2=C(C(C)(C)C)C(C)(C)CO2)cc(OC)c1C. The average Bonchev–Trinajstić information content (AvgIpc) is 3.44. The minimum Gasteiger partial charge on any atom is -0.496 e. The Hall–Kier alpha value is -2.80. The van der Waals surface area contributed by atoms with E-state index in [1.54, 1.807) is 28.4 Å². The lowest BCUT2D eigenvalue weighted by Crippen LogP contribution is -2.24. The van der Waals surface area contributed by atoms with E-state index in [0.29, 0.717) is 13.2 Å². The molecule has 44 heavy (non-hydrogen) atoms. The van der Waals surface area contributed by atoms with Crippen molar-refractivity contribution in [3.8, 4) is 23.0 Å². The van der Waals surface area contributed by atoms with E-state index < -0.39 is 0 Å². The smallest absolute Gasteiger partial charge is 0.137 e. The van der Waals surface area contributed by atoms with Crippen LogP contribution >= 0.6 is 15.9 Å². The Morgan fingerprint density at radius 2 is 0.886 bits per heavy atom. The van der Waals surface area contributed by atoms with Crippen molar-refractivity contribution in [2.45, 2.75) is 76.2 Å². The highest BCUT2D eigenvalue weighted by Gasteiger charge is 2.42. The number of benzene rings is 2. The Morgan fingerprint density at radius 3 is 1.16 bits per heavy atom. The molecule has 0 aliphatic carbocycles. The van der Waals surface area contributed by atoms with E-state index in [-0.39, 0.29) is 21.7 Å². The number of rotatable bonds is 6. The third-order valence-corrected chi connectivity index (χ3v) is 8.97. The van der Waals surface area contributed by atoms with Gasteiger partial charge in [0.05, 0.1) is 41.7 Å². The summed E-state index contributed by atoms with van der Waals surface area (Å²) >= 11 is 3.51. The number of hydrogen-bond acceptors (Lipinski definition) is 6. The Bertz CT molecular complexity index is 1270. The fraction of sp³-hybridized carbons (Fsp3) is 0.568. The van der Waals surface area contributed by atoms with Gasteiger partial charge in [0.2, 0.25) is 0 Å². The second kappa shape index (κ2) is 12.9. The second-order valence-electron chi connectivity index (χ2n) is 15.0. The molecule has 2 heterocycles. The average molecular weight is 674 g/mol. The number of ether oxygens (including phenoxy) is 6. The van der Waals surface area contributed by atoms with Gasteiger partial charge >= 0.3 is 0 Å². The molecule has 0 N–H and O–H groups in total. The minimum atomic E-state index is 0.0150. The Morgan fingerprint density at radius 1 is 0.591 bits per heavy atom. The van der Waals surface area contributed by atoms with Gasteiger partial charge in [-0.2, -0.15) is 0 Å². The molecule has 0 fully saturated rings. The monoisotopic (exact) mass is 672 g/mol. The van der Waals surface area contributed by atoms with E-state index in [1.165, 1.54) is 11.1 Å². The first-order valence-electron chi connectivity index (χ1n) is 15.1. The summed E-state index contributed by atoms with van der Waals surface area (Å²) in [5.74, 6) is 5.04. The van der Waals surface area contributed by atoms with E-state index >= 15 is 0 Å². The molecule has 0 atom stereocenters. The maximum Gasteiger partial charge on any atom is 0.137 e. The minimum absolute atomic E-state index is 0.0150. The third kappa shape index (κ3) is 7.19. The molecule has 2 aliphatic heterocycles. The highest BCUT2D eigenvalue weighted by molar-refractivity contribution is 9.10. The normalized spacial score (nSPS) is 17.5. The van der Waals surface area contributed by atoms with Gasteiger partial charge in [0.25, 0.3) is 0 Å². The van der Waals surface area contributed by atoms with Crippen LogP contribution in [-0.2, 0) is 9.47 Å².